The Bertz CT molecular complexity index is 291. The number of hydrogen-bond donors (Lipinski definition) is 4. The van der Waals surface area contributed by atoms with Crippen molar-refractivity contribution in [1.29, 1.82) is 0 Å². The van der Waals surface area contributed by atoms with Crippen LogP contribution in [0.1, 0.15) is 12.8 Å². The fourth-order valence-electron chi connectivity index (χ4n) is 1.60. The van der Waals surface area contributed by atoms with Crippen LogP contribution in [0.2, 0.25) is 0 Å². The van der Waals surface area contributed by atoms with E-state index in [9.17, 15) is 20.1 Å². The van der Waals surface area contributed by atoms with Crippen molar-refractivity contribution < 1.29 is 30.1 Å². The summed E-state index contributed by atoms with van der Waals surface area (Å²) in [6.45, 7) is 0. The van der Waals surface area contributed by atoms with Gasteiger partial charge in [0, 0.05) is 12.8 Å². The zero-order chi connectivity index (χ0) is 11.6. The molecule has 0 radical (unpaired) electrons. The number of aliphatic hydroxyl groups excluding tert-OH is 2. The fourth-order valence-corrected chi connectivity index (χ4v) is 1.60. The van der Waals surface area contributed by atoms with E-state index in [-0.39, 0.29) is 18.6 Å². The van der Waals surface area contributed by atoms with E-state index in [1.807, 2.05) is 0 Å². The Kier molecular flexibility index (Phi) is 3.28. The van der Waals surface area contributed by atoms with Gasteiger partial charge < -0.3 is 25.3 Å². The Morgan fingerprint density at radius 2 is 2.20 bits per heavy atom. The molecule has 4 N–H and O–H groups in total. The predicted molar refractivity (Wildman–Crippen MR) is 47.4 cm³/mol. The number of oxime groups is 1. The first-order valence-corrected chi connectivity index (χ1v) is 4.32. The Morgan fingerprint density at radius 1 is 1.60 bits per heavy atom. The molecule has 3 atom stereocenters. The quantitative estimate of drug-likeness (QED) is 0.235. The number of esters is 1. The molecule has 1 saturated carbocycles. The molecule has 0 unspecified atom stereocenters. The van der Waals surface area contributed by atoms with Crippen molar-refractivity contribution in [2.75, 3.05) is 7.11 Å². The maximum atomic E-state index is 11.2. The largest absolute Gasteiger partial charge is 0.467 e. The van der Waals surface area contributed by atoms with Crippen LogP contribution in [0.15, 0.2) is 5.16 Å². The third-order valence-corrected chi connectivity index (χ3v) is 2.42. The number of carbonyl (C=O) groups excluding carboxylic acids is 1. The second-order valence-corrected chi connectivity index (χ2v) is 3.51. The minimum absolute atomic E-state index is 0.248. The number of ether oxygens (including phenoxy) is 1. The third-order valence-electron chi connectivity index (χ3n) is 2.42. The zero-order valence-electron chi connectivity index (χ0n) is 8.12. The van der Waals surface area contributed by atoms with Crippen LogP contribution in [0.4, 0.5) is 0 Å². The van der Waals surface area contributed by atoms with Gasteiger partial charge in [-0.2, -0.15) is 0 Å². The topological polar surface area (TPSA) is 120 Å². The first kappa shape index (κ1) is 11.9. The van der Waals surface area contributed by atoms with Crippen LogP contribution in [0, 0.1) is 0 Å². The highest BCUT2D eigenvalue weighted by Crippen LogP contribution is 2.28. The molecule has 86 valence electrons. The van der Waals surface area contributed by atoms with Gasteiger partial charge in [0.25, 0.3) is 0 Å². The molecular weight excluding hydrogens is 206 g/mol. The van der Waals surface area contributed by atoms with Crippen molar-refractivity contribution in [3.05, 3.63) is 0 Å². The highest BCUT2D eigenvalue weighted by molar-refractivity contribution is 5.96. The number of carbonyl (C=O) groups is 1. The van der Waals surface area contributed by atoms with Gasteiger partial charge in [0.05, 0.1) is 18.9 Å². The first-order valence-electron chi connectivity index (χ1n) is 4.32. The minimum Gasteiger partial charge on any atom is -0.467 e. The molecule has 0 aromatic heterocycles. The van der Waals surface area contributed by atoms with E-state index in [1.54, 1.807) is 0 Å². The fraction of sp³-hybridized carbons (Fsp3) is 0.750. The van der Waals surface area contributed by atoms with E-state index in [2.05, 4.69) is 9.89 Å². The number of methoxy groups -OCH3 is 1. The molecule has 0 heterocycles. The van der Waals surface area contributed by atoms with Crippen molar-refractivity contribution in [2.45, 2.75) is 30.7 Å². The van der Waals surface area contributed by atoms with E-state index < -0.39 is 23.8 Å². The lowest BCUT2D eigenvalue weighted by atomic mass is 9.80. The van der Waals surface area contributed by atoms with Crippen molar-refractivity contribution >= 4 is 11.7 Å². The lowest BCUT2D eigenvalue weighted by Crippen LogP contribution is -2.54. The average molecular weight is 219 g/mol. The van der Waals surface area contributed by atoms with Gasteiger partial charge in [-0.3, -0.25) is 0 Å². The molecule has 0 bridgehead atoms. The molecule has 0 saturated heterocycles. The summed E-state index contributed by atoms with van der Waals surface area (Å²) in [5, 5.41) is 39.7. The molecule has 1 fully saturated rings. The van der Waals surface area contributed by atoms with Crippen LogP contribution in [0.5, 0.6) is 0 Å². The van der Waals surface area contributed by atoms with Crippen molar-refractivity contribution in [3.63, 3.8) is 0 Å². The third kappa shape index (κ3) is 2.09. The molecule has 0 amide bonds. The molecule has 0 aromatic carbocycles. The molecule has 0 aliphatic heterocycles. The number of nitrogens with zero attached hydrogens (tertiary/aromatic N) is 1. The van der Waals surface area contributed by atoms with Crippen LogP contribution < -0.4 is 0 Å². The Morgan fingerprint density at radius 3 is 2.67 bits per heavy atom. The summed E-state index contributed by atoms with van der Waals surface area (Å²) in [5.41, 5.74) is -2.20. The molecule has 7 heteroatoms. The number of aliphatic hydroxyl groups is 3. The summed E-state index contributed by atoms with van der Waals surface area (Å²) in [5.74, 6) is -0.936. The highest BCUT2D eigenvalue weighted by Gasteiger charge is 2.48. The minimum atomic E-state index is -1.95. The van der Waals surface area contributed by atoms with Crippen LogP contribution in [0.3, 0.4) is 0 Å². The van der Waals surface area contributed by atoms with E-state index >= 15 is 0 Å². The Labute approximate surface area is 85.6 Å². The molecule has 1 aliphatic carbocycles. The second-order valence-electron chi connectivity index (χ2n) is 3.51. The lowest BCUT2D eigenvalue weighted by Gasteiger charge is -2.35. The monoisotopic (exact) mass is 219 g/mol. The predicted octanol–water partition coefficient (Wildman–Crippen LogP) is -1.76. The summed E-state index contributed by atoms with van der Waals surface area (Å²) in [4.78, 5) is 11.2. The molecule has 0 spiro atoms. The van der Waals surface area contributed by atoms with E-state index in [1.165, 1.54) is 0 Å². The van der Waals surface area contributed by atoms with Crippen LogP contribution in [0.25, 0.3) is 0 Å². The maximum absolute atomic E-state index is 11.2. The van der Waals surface area contributed by atoms with Crippen LogP contribution in [-0.4, -0.2) is 57.1 Å². The highest BCUT2D eigenvalue weighted by atomic mass is 16.5. The Balaban J connectivity index is 2.92. The van der Waals surface area contributed by atoms with Crippen molar-refractivity contribution in [1.82, 2.24) is 0 Å². The SMILES string of the molecule is COC(=O)[C@]1(O)C/C(=N\O)[C@@H](O)[C@H](O)C1. The Hall–Kier alpha value is -1.18. The summed E-state index contributed by atoms with van der Waals surface area (Å²) in [6, 6.07) is 0. The average Bonchev–Trinajstić information content (AvgIpc) is 2.22. The molecular formula is C8H13NO6. The summed E-state index contributed by atoms with van der Waals surface area (Å²) in [6.07, 6.45) is -3.47. The standard InChI is InChI=1S/C8H13NO6/c1-15-7(12)8(13)2-4(9-14)6(11)5(10)3-8/h5-6,10-11,13-14H,2-3H2,1H3/b9-4+/t5-,6-,8+/m1/s1. The maximum Gasteiger partial charge on any atom is 0.338 e. The van der Waals surface area contributed by atoms with Gasteiger partial charge in [-0.05, 0) is 0 Å². The van der Waals surface area contributed by atoms with Gasteiger partial charge in [0.1, 0.15) is 6.10 Å². The van der Waals surface area contributed by atoms with E-state index in [4.69, 9.17) is 5.21 Å². The molecule has 0 aromatic rings. The van der Waals surface area contributed by atoms with Crippen LogP contribution >= 0.6 is 0 Å². The number of hydrogen-bond acceptors (Lipinski definition) is 7. The van der Waals surface area contributed by atoms with Gasteiger partial charge in [0.15, 0.2) is 5.60 Å². The molecule has 1 aliphatic rings. The summed E-state index contributed by atoms with van der Waals surface area (Å²) in [7, 11) is 1.09. The van der Waals surface area contributed by atoms with E-state index in [0.717, 1.165) is 7.11 Å². The van der Waals surface area contributed by atoms with Gasteiger partial charge in [-0.1, -0.05) is 5.16 Å². The van der Waals surface area contributed by atoms with Gasteiger partial charge in [-0.15, -0.1) is 0 Å². The van der Waals surface area contributed by atoms with Crippen molar-refractivity contribution in [2.24, 2.45) is 5.16 Å². The van der Waals surface area contributed by atoms with Crippen LogP contribution in [-0.2, 0) is 9.53 Å². The first-order chi connectivity index (χ1) is 6.94. The van der Waals surface area contributed by atoms with Gasteiger partial charge >= 0.3 is 5.97 Å². The van der Waals surface area contributed by atoms with Crippen molar-refractivity contribution in [3.8, 4) is 0 Å². The van der Waals surface area contributed by atoms with E-state index in [0.29, 0.717) is 0 Å². The summed E-state index contributed by atoms with van der Waals surface area (Å²) >= 11 is 0. The number of rotatable bonds is 1. The molecule has 15 heavy (non-hydrogen) atoms. The zero-order valence-corrected chi connectivity index (χ0v) is 8.12. The molecule has 7 nitrogen and oxygen atoms in total. The molecule has 1 rings (SSSR count). The normalized spacial score (nSPS) is 39.1. The smallest absolute Gasteiger partial charge is 0.338 e. The van der Waals surface area contributed by atoms with Gasteiger partial charge in [0.2, 0.25) is 0 Å². The lowest BCUT2D eigenvalue weighted by molar-refractivity contribution is -0.168. The second kappa shape index (κ2) is 4.13. The van der Waals surface area contributed by atoms with Gasteiger partial charge in [-0.25, -0.2) is 4.79 Å². The summed E-state index contributed by atoms with van der Waals surface area (Å²) < 4.78 is 4.35.